The fourth-order valence-electron chi connectivity index (χ4n) is 2.11. The molecule has 3 aromatic rings. The summed E-state index contributed by atoms with van der Waals surface area (Å²) >= 11 is 0. The zero-order valence-electron chi connectivity index (χ0n) is 11.1. The molecule has 2 heterocycles. The predicted molar refractivity (Wildman–Crippen MR) is 78.1 cm³/mol. The molecule has 102 valence electrons. The lowest BCUT2D eigenvalue weighted by Gasteiger charge is -2.09. The van der Waals surface area contributed by atoms with Crippen LogP contribution in [0.2, 0.25) is 0 Å². The maximum atomic E-state index is 11.7. The molecule has 0 aliphatic carbocycles. The molecule has 20 heavy (non-hydrogen) atoms. The highest BCUT2D eigenvalue weighted by Gasteiger charge is 2.10. The Morgan fingerprint density at radius 2 is 1.85 bits per heavy atom. The smallest absolute Gasteiger partial charge is 0.278 e. The zero-order chi connectivity index (χ0) is 14.3. The van der Waals surface area contributed by atoms with Crippen LogP contribution in [0, 0.1) is 13.8 Å². The molecule has 0 aliphatic rings. The van der Waals surface area contributed by atoms with E-state index in [1.54, 1.807) is 0 Å². The van der Waals surface area contributed by atoms with Gasteiger partial charge in [-0.1, -0.05) is 18.2 Å². The first-order valence-corrected chi connectivity index (χ1v) is 6.13. The summed E-state index contributed by atoms with van der Waals surface area (Å²) in [4.78, 5) is 25.3. The third kappa shape index (κ3) is 1.99. The number of benzene rings is 1. The Kier molecular flexibility index (Phi) is 2.67. The largest absolute Gasteiger partial charge is 0.369 e. The molecule has 0 fully saturated rings. The van der Waals surface area contributed by atoms with Crippen LogP contribution < -0.4 is 16.6 Å². The molecular formula is C13H14N6O. The SMILES string of the molecule is Cc1cccc(C)c1Nc1nc2nc(N)[nH]c(=O)c2[nH]1. The van der Waals surface area contributed by atoms with E-state index in [1.807, 2.05) is 32.0 Å². The second-order valence-corrected chi connectivity index (χ2v) is 4.63. The first kappa shape index (κ1) is 12.2. The molecule has 0 spiro atoms. The third-order valence-corrected chi connectivity index (χ3v) is 3.10. The Labute approximate surface area is 114 Å². The van der Waals surface area contributed by atoms with Gasteiger partial charge in [-0.15, -0.1) is 0 Å². The Hall–Kier alpha value is -2.83. The van der Waals surface area contributed by atoms with Crippen LogP contribution in [0.15, 0.2) is 23.0 Å². The Morgan fingerprint density at radius 1 is 1.15 bits per heavy atom. The number of anilines is 3. The van der Waals surface area contributed by atoms with E-state index in [-0.39, 0.29) is 11.5 Å². The number of nitrogen functional groups attached to an aromatic ring is 1. The van der Waals surface area contributed by atoms with Gasteiger partial charge in [0.1, 0.15) is 0 Å². The van der Waals surface area contributed by atoms with Crippen molar-refractivity contribution in [2.45, 2.75) is 13.8 Å². The van der Waals surface area contributed by atoms with Gasteiger partial charge in [0.25, 0.3) is 5.56 Å². The van der Waals surface area contributed by atoms with E-state index in [9.17, 15) is 4.79 Å². The number of H-pyrrole nitrogens is 2. The van der Waals surface area contributed by atoms with E-state index in [1.165, 1.54) is 0 Å². The number of hydrogen-bond acceptors (Lipinski definition) is 5. The van der Waals surface area contributed by atoms with Crippen LogP contribution in [0.5, 0.6) is 0 Å². The molecule has 2 aromatic heterocycles. The fraction of sp³-hybridized carbons (Fsp3) is 0.154. The van der Waals surface area contributed by atoms with Crippen molar-refractivity contribution in [2.75, 3.05) is 11.1 Å². The molecule has 5 N–H and O–H groups in total. The molecule has 0 bridgehead atoms. The summed E-state index contributed by atoms with van der Waals surface area (Å²) in [5.41, 5.74) is 8.88. The molecule has 1 aromatic carbocycles. The van der Waals surface area contributed by atoms with Gasteiger partial charge in [-0.25, -0.2) is 0 Å². The monoisotopic (exact) mass is 270 g/mol. The van der Waals surface area contributed by atoms with Gasteiger partial charge in [0, 0.05) is 5.69 Å². The number of rotatable bonds is 2. The summed E-state index contributed by atoms with van der Waals surface area (Å²) in [5.74, 6) is 0.508. The molecule has 0 unspecified atom stereocenters. The van der Waals surface area contributed by atoms with Gasteiger partial charge in [0.2, 0.25) is 11.9 Å². The minimum Gasteiger partial charge on any atom is -0.369 e. The minimum atomic E-state index is -0.338. The van der Waals surface area contributed by atoms with Crippen molar-refractivity contribution in [3.05, 3.63) is 39.7 Å². The number of nitrogens with one attached hydrogen (secondary N) is 3. The molecule has 3 rings (SSSR count). The van der Waals surface area contributed by atoms with Crippen molar-refractivity contribution in [1.29, 1.82) is 0 Å². The summed E-state index contributed by atoms with van der Waals surface area (Å²) in [6.45, 7) is 4.00. The average molecular weight is 270 g/mol. The maximum absolute atomic E-state index is 11.7. The topological polar surface area (TPSA) is 112 Å². The van der Waals surface area contributed by atoms with Crippen molar-refractivity contribution in [3.8, 4) is 0 Å². The number of fused-ring (bicyclic) bond motifs is 1. The quantitative estimate of drug-likeness (QED) is 0.565. The number of para-hydroxylation sites is 1. The second kappa shape index (κ2) is 4.37. The Bertz CT molecular complexity index is 827. The van der Waals surface area contributed by atoms with Gasteiger partial charge >= 0.3 is 0 Å². The summed E-state index contributed by atoms with van der Waals surface area (Å²) in [7, 11) is 0. The van der Waals surface area contributed by atoms with E-state index in [4.69, 9.17) is 5.73 Å². The molecular weight excluding hydrogens is 256 g/mol. The van der Waals surface area contributed by atoms with E-state index in [2.05, 4.69) is 25.3 Å². The number of nitrogens with zero attached hydrogens (tertiary/aromatic N) is 2. The van der Waals surface area contributed by atoms with Crippen molar-refractivity contribution >= 4 is 28.7 Å². The first-order valence-electron chi connectivity index (χ1n) is 6.13. The van der Waals surface area contributed by atoms with Gasteiger partial charge in [-0.05, 0) is 25.0 Å². The van der Waals surface area contributed by atoms with E-state index in [0.29, 0.717) is 17.1 Å². The van der Waals surface area contributed by atoms with E-state index >= 15 is 0 Å². The third-order valence-electron chi connectivity index (χ3n) is 3.10. The highest BCUT2D eigenvalue weighted by atomic mass is 16.1. The van der Waals surface area contributed by atoms with Crippen LogP contribution in [0.3, 0.4) is 0 Å². The van der Waals surface area contributed by atoms with Gasteiger partial charge in [0.15, 0.2) is 11.2 Å². The van der Waals surface area contributed by atoms with Gasteiger partial charge < -0.3 is 16.0 Å². The minimum absolute atomic E-state index is 0.0487. The summed E-state index contributed by atoms with van der Waals surface area (Å²) in [6, 6.07) is 5.99. The number of imidazole rings is 1. The molecule has 0 radical (unpaired) electrons. The highest BCUT2D eigenvalue weighted by Crippen LogP contribution is 2.23. The second-order valence-electron chi connectivity index (χ2n) is 4.63. The number of nitrogens with two attached hydrogens (primary N) is 1. The standard InChI is InChI=1S/C13H14N6O/c1-6-4-3-5-7(2)8(6)15-13-16-9-10(18-13)17-12(14)19-11(9)20/h3-5H,1-2H3,(H5,14,15,16,17,18,19,20). The average Bonchev–Trinajstić information content (AvgIpc) is 2.77. The van der Waals surface area contributed by atoms with Crippen LogP contribution in [0.4, 0.5) is 17.6 Å². The number of aromatic amines is 2. The summed E-state index contributed by atoms with van der Waals surface area (Å²) in [5, 5.41) is 3.18. The molecule has 7 nitrogen and oxygen atoms in total. The lowest BCUT2D eigenvalue weighted by Crippen LogP contribution is -2.10. The van der Waals surface area contributed by atoms with Crippen LogP contribution in [0.25, 0.3) is 11.2 Å². The lowest BCUT2D eigenvalue weighted by molar-refractivity contribution is 1.17. The maximum Gasteiger partial charge on any atom is 0.278 e. The van der Waals surface area contributed by atoms with Gasteiger partial charge in [-0.3, -0.25) is 9.78 Å². The summed E-state index contributed by atoms with van der Waals surface area (Å²) < 4.78 is 0. The highest BCUT2D eigenvalue weighted by molar-refractivity contribution is 5.75. The number of aryl methyl sites for hydroxylation is 2. The Morgan fingerprint density at radius 3 is 2.55 bits per heavy atom. The zero-order valence-corrected chi connectivity index (χ0v) is 11.1. The predicted octanol–water partition coefficient (Wildman–Crippen LogP) is 1.59. The lowest BCUT2D eigenvalue weighted by atomic mass is 10.1. The van der Waals surface area contributed by atoms with Crippen LogP contribution in [-0.4, -0.2) is 19.9 Å². The number of aromatic nitrogens is 4. The fourth-order valence-corrected chi connectivity index (χ4v) is 2.11. The molecule has 0 atom stereocenters. The van der Waals surface area contributed by atoms with E-state index in [0.717, 1.165) is 16.8 Å². The molecule has 7 heteroatoms. The molecule has 0 aliphatic heterocycles. The van der Waals surface area contributed by atoms with Crippen molar-refractivity contribution in [2.24, 2.45) is 0 Å². The molecule has 0 saturated heterocycles. The van der Waals surface area contributed by atoms with Crippen molar-refractivity contribution < 1.29 is 0 Å². The van der Waals surface area contributed by atoms with Gasteiger partial charge in [0.05, 0.1) is 0 Å². The van der Waals surface area contributed by atoms with Crippen LogP contribution >= 0.6 is 0 Å². The summed E-state index contributed by atoms with van der Waals surface area (Å²) in [6.07, 6.45) is 0. The van der Waals surface area contributed by atoms with Gasteiger partial charge in [-0.2, -0.15) is 9.97 Å². The van der Waals surface area contributed by atoms with Crippen LogP contribution in [-0.2, 0) is 0 Å². The van der Waals surface area contributed by atoms with E-state index < -0.39 is 0 Å². The molecule has 0 amide bonds. The normalized spacial score (nSPS) is 10.9. The van der Waals surface area contributed by atoms with Crippen molar-refractivity contribution in [3.63, 3.8) is 0 Å². The van der Waals surface area contributed by atoms with Crippen LogP contribution in [0.1, 0.15) is 11.1 Å². The van der Waals surface area contributed by atoms with Crippen molar-refractivity contribution in [1.82, 2.24) is 19.9 Å². The first-order chi connectivity index (χ1) is 9.54. The Balaban J connectivity index is 2.08. The molecule has 0 saturated carbocycles. The number of hydrogen-bond donors (Lipinski definition) is 4.